The molecule has 2 aromatic carbocycles. The Bertz CT molecular complexity index is 674. The highest BCUT2D eigenvalue weighted by atomic mass is 35.5. The topological polar surface area (TPSA) is 46.5 Å². The van der Waals surface area contributed by atoms with Crippen LogP contribution >= 0.6 is 11.6 Å². The molecule has 0 aliphatic rings. The molecule has 1 N–H and O–H groups in total. The Balaban J connectivity index is 2.19. The van der Waals surface area contributed by atoms with Gasteiger partial charge in [-0.25, -0.2) is 4.79 Å². The molecule has 0 unspecified atom stereocenters. The van der Waals surface area contributed by atoms with E-state index in [1.807, 2.05) is 32.9 Å². The van der Waals surface area contributed by atoms with Crippen molar-refractivity contribution in [1.82, 2.24) is 0 Å². The molecule has 22 heavy (non-hydrogen) atoms. The van der Waals surface area contributed by atoms with Gasteiger partial charge in [-0.15, -0.1) is 0 Å². The summed E-state index contributed by atoms with van der Waals surface area (Å²) in [4.78, 5) is 11.5. The molecule has 0 aliphatic heterocycles. The van der Waals surface area contributed by atoms with Gasteiger partial charge in [-0.3, -0.25) is 0 Å². The lowest BCUT2D eigenvalue weighted by Crippen LogP contribution is -2.29. The predicted octanol–water partition coefficient (Wildman–Crippen LogP) is 4.34. The van der Waals surface area contributed by atoms with Crippen LogP contribution in [-0.2, 0) is 11.2 Å². The van der Waals surface area contributed by atoms with E-state index in [1.165, 1.54) is 0 Å². The quantitative estimate of drug-likeness (QED) is 0.892. The molecular weight excluding hydrogens is 300 g/mol. The predicted molar refractivity (Wildman–Crippen MR) is 87.9 cm³/mol. The maximum atomic E-state index is 11.5. The largest absolute Gasteiger partial charge is 0.478 e. The normalized spacial score (nSPS) is 12.0. The SMILES string of the molecule is Cc1cc(C)cc(C[C@H](Oc2ccc(Cl)c(C)c2)C(=O)O)c1. The van der Waals surface area contributed by atoms with Crippen LogP contribution in [0.4, 0.5) is 0 Å². The minimum Gasteiger partial charge on any atom is -0.478 e. The number of ether oxygens (including phenoxy) is 1. The van der Waals surface area contributed by atoms with Gasteiger partial charge in [0.05, 0.1) is 0 Å². The van der Waals surface area contributed by atoms with Crippen molar-refractivity contribution < 1.29 is 14.6 Å². The third kappa shape index (κ3) is 4.25. The van der Waals surface area contributed by atoms with Crippen molar-refractivity contribution >= 4 is 17.6 Å². The molecule has 0 saturated carbocycles. The zero-order chi connectivity index (χ0) is 16.3. The number of carboxylic acids is 1. The molecule has 0 spiro atoms. The Kier molecular flexibility index (Phi) is 5.09. The molecule has 2 rings (SSSR count). The van der Waals surface area contributed by atoms with E-state index in [4.69, 9.17) is 16.3 Å². The van der Waals surface area contributed by atoms with Gasteiger partial charge in [-0.05, 0) is 50.1 Å². The van der Waals surface area contributed by atoms with Gasteiger partial charge in [0.1, 0.15) is 5.75 Å². The number of hydrogen-bond acceptors (Lipinski definition) is 2. The number of aliphatic carboxylic acids is 1. The van der Waals surface area contributed by atoms with Gasteiger partial charge in [-0.1, -0.05) is 40.9 Å². The van der Waals surface area contributed by atoms with Crippen LogP contribution in [0.5, 0.6) is 5.75 Å². The summed E-state index contributed by atoms with van der Waals surface area (Å²) in [6, 6.07) is 11.2. The van der Waals surface area contributed by atoms with Crippen molar-refractivity contribution in [1.29, 1.82) is 0 Å². The third-order valence-electron chi connectivity index (χ3n) is 3.39. The molecule has 2 aromatic rings. The average molecular weight is 319 g/mol. The lowest BCUT2D eigenvalue weighted by Gasteiger charge is -2.16. The van der Waals surface area contributed by atoms with E-state index >= 15 is 0 Å². The van der Waals surface area contributed by atoms with Crippen LogP contribution in [-0.4, -0.2) is 17.2 Å². The fourth-order valence-electron chi connectivity index (χ4n) is 2.44. The highest BCUT2D eigenvalue weighted by Crippen LogP contribution is 2.23. The summed E-state index contributed by atoms with van der Waals surface area (Å²) in [5.41, 5.74) is 4.04. The molecule has 116 valence electrons. The Labute approximate surface area is 135 Å². The van der Waals surface area contributed by atoms with Crippen molar-refractivity contribution in [3.63, 3.8) is 0 Å². The molecule has 0 saturated heterocycles. The number of carboxylic acid groups (broad SMARTS) is 1. The number of hydrogen-bond donors (Lipinski definition) is 1. The first-order valence-corrected chi connectivity index (χ1v) is 7.46. The summed E-state index contributed by atoms with van der Waals surface area (Å²) < 4.78 is 5.64. The van der Waals surface area contributed by atoms with Gasteiger partial charge in [0.25, 0.3) is 0 Å². The number of rotatable bonds is 5. The molecule has 0 fully saturated rings. The van der Waals surface area contributed by atoms with Crippen molar-refractivity contribution in [3.05, 3.63) is 63.7 Å². The molecule has 0 aliphatic carbocycles. The highest BCUT2D eigenvalue weighted by molar-refractivity contribution is 6.31. The van der Waals surface area contributed by atoms with Gasteiger partial charge in [0.2, 0.25) is 0 Å². The van der Waals surface area contributed by atoms with Crippen LogP contribution in [0, 0.1) is 20.8 Å². The van der Waals surface area contributed by atoms with Crippen LogP contribution < -0.4 is 4.74 Å². The fourth-order valence-corrected chi connectivity index (χ4v) is 2.55. The van der Waals surface area contributed by atoms with Gasteiger partial charge in [-0.2, -0.15) is 0 Å². The van der Waals surface area contributed by atoms with E-state index in [1.54, 1.807) is 18.2 Å². The highest BCUT2D eigenvalue weighted by Gasteiger charge is 2.20. The van der Waals surface area contributed by atoms with Gasteiger partial charge < -0.3 is 9.84 Å². The number of halogens is 1. The van der Waals surface area contributed by atoms with E-state index in [-0.39, 0.29) is 0 Å². The average Bonchev–Trinajstić information content (AvgIpc) is 2.41. The summed E-state index contributed by atoms with van der Waals surface area (Å²) in [7, 11) is 0. The van der Waals surface area contributed by atoms with Crippen molar-refractivity contribution in [2.24, 2.45) is 0 Å². The Morgan fingerprint density at radius 2 is 1.77 bits per heavy atom. The van der Waals surface area contributed by atoms with Crippen molar-refractivity contribution in [2.45, 2.75) is 33.3 Å². The Morgan fingerprint density at radius 3 is 2.32 bits per heavy atom. The second kappa shape index (κ2) is 6.84. The minimum atomic E-state index is -0.980. The molecule has 0 bridgehead atoms. The van der Waals surface area contributed by atoms with Crippen molar-refractivity contribution in [2.75, 3.05) is 0 Å². The van der Waals surface area contributed by atoms with Gasteiger partial charge in [0.15, 0.2) is 6.10 Å². The van der Waals surface area contributed by atoms with Crippen LogP contribution in [0.25, 0.3) is 0 Å². The number of aryl methyl sites for hydroxylation is 3. The van der Waals surface area contributed by atoms with Gasteiger partial charge in [0, 0.05) is 11.4 Å². The van der Waals surface area contributed by atoms with E-state index < -0.39 is 12.1 Å². The maximum Gasteiger partial charge on any atom is 0.345 e. The first kappa shape index (κ1) is 16.4. The van der Waals surface area contributed by atoms with Crippen molar-refractivity contribution in [3.8, 4) is 5.75 Å². The second-order valence-electron chi connectivity index (χ2n) is 5.56. The fraction of sp³-hybridized carbons (Fsp3) is 0.278. The first-order valence-electron chi connectivity index (χ1n) is 7.08. The smallest absolute Gasteiger partial charge is 0.345 e. The first-order chi connectivity index (χ1) is 10.3. The zero-order valence-electron chi connectivity index (χ0n) is 12.9. The lowest BCUT2D eigenvalue weighted by molar-refractivity contribution is -0.145. The summed E-state index contributed by atoms with van der Waals surface area (Å²) >= 11 is 5.97. The molecule has 1 atom stereocenters. The van der Waals surface area contributed by atoms with E-state index in [0.717, 1.165) is 22.3 Å². The summed E-state index contributed by atoms with van der Waals surface area (Å²) in [6.07, 6.45) is -0.610. The molecule has 0 amide bonds. The number of carbonyl (C=O) groups is 1. The summed E-state index contributed by atoms with van der Waals surface area (Å²) in [5.74, 6) is -0.467. The monoisotopic (exact) mass is 318 g/mol. The number of benzene rings is 2. The lowest BCUT2D eigenvalue weighted by atomic mass is 10.0. The molecule has 3 nitrogen and oxygen atoms in total. The summed E-state index contributed by atoms with van der Waals surface area (Å²) in [6.45, 7) is 5.85. The van der Waals surface area contributed by atoms with E-state index in [2.05, 4.69) is 6.07 Å². The molecule has 4 heteroatoms. The van der Waals surface area contributed by atoms with Crippen LogP contribution in [0.1, 0.15) is 22.3 Å². The van der Waals surface area contributed by atoms with E-state index in [9.17, 15) is 9.90 Å². The van der Waals surface area contributed by atoms with Crippen LogP contribution in [0.3, 0.4) is 0 Å². The second-order valence-corrected chi connectivity index (χ2v) is 5.96. The van der Waals surface area contributed by atoms with Crippen LogP contribution in [0.15, 0.2) is 36.4 Å². The molecular formula is C18H19ClO3. The zero-order valence-corrected chi connectivity index (χ0v) is 13.6. The van der Waals surface area contributed by atoms with E-state index in [0.29, 0.717) is 17.2 Å². The molecule has 0 heterocycles. The molecule has 0 aromatic heterocycles. The maximum absolute atomic E-state index is 11.5. The Morgan fingerprint density at radius 1 is 1.14 bits per heavy atom. The third-order valence-corrected chi connectivity index (χ3v) is 3.81. The van der Waals surface area contributed by atoms with Crippen LogP contribution in [0.2, 0.25) is 5.02 Å². The molecule has 0 radical (unpaired) electrons. The summed E-state index contributed by atoms with van der Waals surface area (Å²) in [5, 5.41) is 10.0. The van der Waals surface area contributed by atoms with Gasteiger partial charge >= 0.3 is 5.97 Å². The standard InChI is InChI=1S/C18H19ClO3/c1-11-6-12(2)8-14(7-11)10-17(18(20)21)22-15-4-5-16(19)13(3)9-15/h4-9,17H,10H2,1-3H3,(H,20,21)/t17-/m0/s1. The Hall–Kier alpha value is -2.00. The minimum absolute atomic E-state index is 0.319.